The van der Waals surface area contributed by atoms with Gasteiger partial charge in [0.15, 0.2) is 0 Å². The van der Waals surface area contributed by atoms with Crippen molar-refractivity contribution >= 4 is 10.0 Å². The summed E-state index contributed by atoms with van der Waals surface area (Å²) in [7, 11) is -3.32. The Kier molecular flexibility index (Phi) is 3.14. The van der Waals surface area contributed by atoms with Crippen molar-refractivity contribution in [3.63, 3.8) is 0 Å². The molecule has 0 aliphatic heterocycles. The molecule has 0 amide bonds. The van der Waals surface area contributed by atoms with E-state index in [1.165, 1.54) is 0 Å². The summed E-state index contributed by atoms with van der Waals surface area (Å²) in [6.45, 7) is 1.90. The molecule has 0 spiro atoms. The van der Waals surface area contributed by atoms with Crippen LogP contribution >= 0.6 is 0 Å². The summed E-state index contributed by atoms with van der Waals surface area (Å²) < 4.78 is 25.2. The minimum Gasteiger partial charge on any atom is -0.392 e. The second-order valence-corrected chi connectivity index (χ2v) is 7.28. The highest BCUT2D eigenvalue weighted by Crippen LogP contribution is 2.30. The largest absolute Gasteiger partial charge is 0.392 e. The van der Waals surface area contributed by atoms with Gasteiger partial charge in [0.1, 0.15) is 0 Å². The molecule has 106 valence electrons. The molecule has 1 aromatic carbocycles. The zero-order valence-electron chi connectivity index (χ0n) is 11.2. The Balaban J connectivity index is 2.00. The Bertz CT molecular complexity index is 746. The summed E-state index contributed by atoms with van der Waals surface area (Å²) in [5.41, 5.74) is 3.43. The van der Waals surface area contributed by atoms with Gasteiger partial charge in [-0.2, -0.15) is 9.19 Å². The first kappa shape index (κ1) is 13.3. The average Bonchev–Trinajstić information content (AvgIpc) is 3.15. The predicted octanol–water partition coefficient (Wildman–Crippen LogP) is 1.69. The lowest BCUT2D eigenvalue weighted by Crippen LogP contribution is -2.17. The molecule has 20 heavy (non-hydrogen) atoms. The Morgan fingerprint density at radius 1 is 1.30 bits per heavy atom. The minimum absolute atomic E-state index is 0.0385. The lowest BCUT2D eigenvalue weighted by Gasteiger charge is -2.04. The Hall–Kier alpha value is -1.66. The molecule has 1 aliphatic rings. The molecule has 3 rings (SSSR count). The van der Waals surface area contributed by atoms with E-state index in [1.54, 1.807) is 12.4 Å². The van der Waals surface area contributed by atoms with Gasteiger partial charge in [-0.1, -0.05) is 17.7 Å². The highest BCUT2D eigenvalue weighted by molar-refractivity contribution is 7.90. The fraction of sp³-hybridized carbons (Fsp3) is 0.357. The highest BCUT2D eigenvalue weighted by atomic mass is 32.2. The van der Waals surface area contributed by atoms with Gasteiger partial charge in [0, 0.05) is 5.56 Å². The van der Waals surface area contributed by atoms with Gasteiger partial charge in [-0.15, -0.1) is 0 Å². The van der Waals surface area contributed by atoms with Gasteiger partial charge in [-0.3, -0.25) is 0 Å². The second kappa shape index (κ2) is 4.71. The lowest BCUT2D eigenvalue weighted by molar-refractivity contribution is 0.282. The van der Waals surface area contributed by atoms with Crippen molar-refractivity contribution in [1.82, 2.24) is 9.19 Å². The lowest BCUT2D eigenvalue weighted by atomic mass is 10.0. The van der Waals surface area contributed by atoms with Gasteiger partial charge in [0.05, 0.1) is 24.3 Å². The third kappa shape index (κ3) is 2.36. The monoisotopic (exact) mass is 292 g/mol. The molecule has 1 aliphatic carbocycles. The van der Waals surface area contributed by atoms with E-state index in [0.717, 1.165) is 39.2 Å². The Morgan fingerprint density at radius 2 is 2.05 bits per heavy atom. The SMILES string of the molecule is Cc1cc(CO)cc(-c2cnn(S(=O)(=O)C3CC3)c2)c1. The molecule has 1 aromatic heterocycles. The molecule has 1 saturated carbocycles. The van der Waals surface area contributed by atoms with Crippen molar-refractivity contribution in [2.45, 2.75) is 31.6 Å². The van der Waals surface area contributed by atoms with E-state index >= 15 is 0 Å². The summed E-state index contributed by atoms with van der Waals surface area (Å²) in [6.07, 6.45) is 4.53. The van der Waals surface area contributed by atoms with Crippen LogP contribution in [0.15, 0.2) is 30.6 Å². The van der Waals surface area contributed by atoms with E-state index in [2.05, 4.69) is 5.10 Å². The number of aliphatic hydroxyl groups is 1. The third-order valence-corrected chi connectivity index (χ3v) is 5.45. The van der Waals surface area contributed by atoms with Crippen molar-refractivity contribution in [2.75, 3.05) is 0 Å². The summed E-state index contributed by atoms with van der Waals surface area (Å²) in [5, 5.41) is 12.9. The van der Waals surface area contributed by atoms with Gasteiger partial charge < -0.3 is 5.11 Å². The number of aromatic nitrogens is 2. The third-order valence-electron chi connectivity index (χ3n) is 3.42. The Labute approximate surface area is 117 Å². The van der Waals surface area contributed by atoms with E-state index in [0.29, 0.717) is 0 Å². The molecule has 1 fully saturated rings. The van der Waals surface area contributed by atoms with Crippen LogP contribution < -0.4 is 0 Å². The molecule has 2 aromatic rings. The normalized spacial score (nSPS) is 15.5. The molecular formula is C14H16N2O3S. The predicted molar refractivity (Wildman–Crippen MR) is 75.7 cm³/mol. The van der Waals surface area contributed by atoms with Crippen LogP contribution in [-0.4, -0.2) is 28.0 Å². The summed E-state index contributed by atoms with van der Waals surface area (Å²) >= 11 is 0. The van der Waals surface area contributed by atoms with E-state index in [-0.39, 0.29) is 11.9 Å². The number of aryl methyl sites for hydroxylation is 1. The molecule has 1 heterocycles. The van der Waals surface area contributed by atoms with Crippen LogP contribution in [0, 0.1) is 6.92 Å². The fourth-order valence-corrected chi connectivity index (χ4v) is 3.71. The number of hydrogen-bond donors (Lipinski definition) is 1. The maximum atomic E-state index is 12.1. The van der Waals surface area contributed by atoms with Crippen LogP contribution in [0.5, 0.6) is 0 Å². The number of nitrogens with zero attached hydrogens (tertiary/aromatic N) is 2. The van der Waals surface area contributed by atoms with Gasteiger partial charge in [-0.25, -0.2) is 8.42 Å². The summed E-state index contributed by atoms with van der Waals surface area (Å²) in [5.74, 6) is 0. The van der Waals surface area contributed by atoms with E-state index in [4.69, 9.17) is 0 Å². The number of rotatable bonds is 4. The van der Waals surface area contributed by atoms with Crippen LogP contribution in [0.1, 0.15) is 24.0 Å². The van der Waals surface area contributed by atoms with Gasteiger partial charge in [0.25, 0.3) is 10.0 Å². The first-order valence-corrected chi connectivity index (χ1v) is 8.02. The molecule has 0 radical (unpaired) electrons. The highest BCUT2D eigenvalue weighted by Gasteiger charge is 2.37. The van der Waals surface area contributed by atoms with Gasteiger partial charge in [0.2, 0.25) is 0 Å². The number of aliphatic hydroxyl groups excluding tert-OH is 1. The number of hydrogen-bond acceptors (Lipinski definition) is 4. The molecule has 0 saturated heterocycles. The second-order valence-electron chi connectivity index (χ2n) is 5.21. The van der Waals surface area contributed by atoms with E-state index in [1.807, 2.05) is 25.1 Å². The zero-order chi connectivity index (χ0) is 14.3. The number of benzene rings is 1. The van der Waals surface area contributed by atoms with Crippen molar-refractivity contribution in [1.29, 1.82) is 0 Å². The van der Waals surface area contributed by atoms with Gasteiger partial charge >= 0.3 is 0 Å². The molecule has 6 heteroatoms. The first-order chi connectivity index (χ1) is 9.50. The Morgan fingerprint density at radius 3 is 2.70 bits per heavy atom. The van der Waals surface area contributed by atoms with E-state index < -0.39 is 10.0 Å². The van der Waals surface area contributed by atoms with Crippen LogP contribution in [0.3, 0.4) is 0 Å². The minimum atomic E-state index is -3.32. The van der Waals surface area contributed by atoms with Crippen molar-refractivity contribution in [3.05, 3.63) is 41.7 Å². The molecule has 0 atom stereocenters. The quantitative estimate of drug-likeness (QED) is 0.931. The molecule has 0 bridgehead atoms. The molecule has 5 nitrogen and oxygen atoms in total. The van der Waals surface area contributed by atoms with Crippen LogP contribution in [0.2, 0.25) is 0 Å². The van der Waals surface area contributed by atoms with Crippen LogP contribution in [0.25, 0.3) is 11.1 Å². The van der Waals surface area contributed by atoms with Crippen molar-refractivity contribution in [2.24, 2.45) is 0 Å². The molecule has 1 N–H and O–H groups in total. The van der Waals surface area contributed by atoms with Gasteiger partial charge in [-0.05, 0) is 37.0 Å². The maximum Gasteiger partial charge on any atom is 0.256 e. The molecule has 0 unspecified atom stereocenters. The zero-order valence-corrected chi connectivity index (χ0v) is 12.0. The topological polar surface area (TPSA) is 72.2 Å². The van der Waals surface area contributed by atoms with Crippen molar-refractivity contribution < 1.29 is 13.5 Å². The maximum absolute atomic E-state index is 12.1. The van der Waals surface area contributed by atoms with Crippen molar-refractivity contribution in [3.8, 4) is 11.1 Å². The van der Waals surface area contributed by atoms with Crippen LogP contribution in [-0.2, 0) is 16.6 Å². The average molecular weight is 292 g/mol. The fourth-order valence-electron chi connectivity index (χ4n) is 2.23. The van der Waals surface area contributed by atoms with E-state index in [9.17, 15) is 13.5 Å². The summed E-state index contributed by atoms with van der Waals surface area (Å²) in [6, 6.07) is 5.69. The smallest absolute Gasteiger partial charge is 0.256 e. The van der Waals surface area contributed by atoms with Crippen LogP contribution in [0.4, 0.5) is 0 Å². The standard InChI is InChI=1S/C14H16N2O3S/c1-10-4-11(9-17)6-12(5-10)13-7-15-16(8-13)20(18,19)14-2-3-14/h4-8,14,17H,2-3,9H2,1H3. The molecular weight excluding hydrogens is 276 g/mol. The first-order valence-electron chi connectivity index (χ1n) is 6.51. The summed E-state index contributed by atoms with van der Waals surface area (Å²) in [4.78, 5) is 0.